The van der Waals surface area contributed by atoms with E-state index in [1.54, 1.807) is 24.1 Å². The van der Waals surface area contributed by atoms with Crippen molar-refractivity contribution in [1.82, 2.24) is 14.4 Å². The maximum absolute atomic E-state index is 12.6. The summed E-state index contributed by atoms with van der Waals surface area (Å²) in [5.41, 5.74) is 0.146. The molecule has 0 aliphatic carbocycles. The van der Waals surface area contributed by atoms with E-state index in [9.17, 15) is 14.4 Å². The van der Waals surface area contributed by atoms with Gasteiger partial charge in [0.15, 0.2) is 0 Å². The summed E-state index contributed by atoms with van der Waals surface area (Å²) in [5, 5.41) is 0. The first-order chi connectivity index (χ1) is 10.8. The number of aromatic nitrogens is 1. The molecule has 23 heavy (non-hydrogen) atoms. The molecule has 1 saturated heterocycles. The number of amides is 2. The summed E-state index contributed by atoms with van der Waals surface area (Å²) in [7, 11) is 0. The van der Waals surface area contributed by atoms with Gasteiger partial charge in [0, 0.05) is 44.0 Å². The second kappa shape index (κ2) is 6.98. The third-order valence-electron chi connectivity index (χ3n) is 4.18. The van der Waals surface area contributed by atoms with Crippen LogP contribution in [-0.2, 0) is 11.3 Å². The van der Waals surface area contributed by atoms with E-state index in [0.717, 1.165) is 0 Å². The van der Waals surface area contributed by atoms with Crippen LogP contribution >= 0.6 is 0 Å². The van der Waals surface area contributed by atoms with Crippen LogP contribution in [0.2, 0.25) is 0 Å². The standard InChI is InChI=1S/C17H25N3O3/c1-5-18-7-6-14(10-15(18)21)17(23)20-9-8-19(11-12(2)3)16(22)13(20)4/h6-7,10,12-13H,5,8-9,11H2,1-4H3/t13-/m0/s1. The van der Waals surface area contributed by atoms with E-state index in [2.05, 4.69) is 13.8 Å². The first-order valence-electron chi connectivity index (χ1n) is 8.15. The van der Waals surface area contributed by atoms with E-state index in [1.807, 2.05) is 11.8 Å². The molecule has 0 saturated carbocycles. The van der Waals surface area contributed by atoms with Gasteiger partial charge in [-0.1, -0.05) is 13.8 Å². The first kappa shape index (κ1) is 17.2. The van der Waals surface area contributed by atoms with Crippen LogP contribution in [0.5, 0.6) is 0 Å². The average molecular weight is 319 g/mol. The molecule has 2 amide bonds. The number of pyridine rings is 1. The first-order valence-corrected chi connectivity index (χ1v) is 8.15. The minimum atomic E-state index is -0.497. The van der Waals surface area contributed by atoms with Gasteiger partial charge in [-0.2, -0.15) is 0 Å². The Morgan fingerprint density at radius 1 is 1.30 bits per heavy atom. The molecule has 0 N–H and O–H groups in total. The maximum Gasteiger partial charge on any atom is 0.254 e. The molecule has 1 aliphatic heterocycles. The Kier molecular flexibility index (Phi) is 5.23. The van der Waals surface area contributed by atoms with Gasteiger partial charge in [0.1, 0.15) is 6.04 Å². The summed E-state index contributed by atoms with van der Waals surface area (Å²) in [5.74, 6) is 0.116. The maximum atomic E-state index is 12.6. The van der Waals surface area contributed by atoms with Gasteiger partial charge in [-0.05, 0) is 25.8 Å². The highest BCUT2D eigenvalue weighted by atomic mass is 16.2. The lowest BCUT2D eigenvalue weighted by molar-refractivity contribution is -0.140. The molecule has 0 radical (unpaired) electrons. The van der Waals surface area contributed by atoms with E-state index in [1.165, 1.54) is 10.6 Å². The van der Waals surface area contributed by atoms with Crippen molar-refractivity contribution in [3.63, 3.8) is 0 Å². The van der Waals surface area contributed by atoms with Gasteiger partial charge in [-0.3, -0.25) is 14.4 Å². The third kappa shape index (κ3) is 3.63. The molecule has 0 aromatic carbocycles. The Hall–Kier alpha value is -2.11. The Labute approximate surface area is 136 Å². The summed E-state index contributed by atoms with van der Waals surface area (Å²) in [6, 6.07) is 2.50. The third-order valence-corrected chi connectivity index (χ3v) is 4.18. The highest BCUT2D eigenvalue weighted by Gasteiger charge is 2.34. The molecule has 1 atom stereocenters. The number of piperazine rings is 1. The fourth-order valence-corrected chi connectivity index (χ4v) is 2.90. The fourth-order valence-electron chi connectivity index (χ4n) is 2.90. The van der Waals surface area contributed by atoms with Crippen LogP contribution in [0.15, 0.2) is 23.1 Å². The molecule has 0 unspecified atom stereocenters. The summed E-state index contributed by atoms with van der Waals surface area (Å²) in [6.45, 7) is 10.1. The van der Waals surface area contributed by atoms with Crippen LogP contribution in [0.3, 0.4) is 0 Å². The van der Waals surface area contributed by atoms with E-state index in [-0.39, 0.29) is 17.4 Å². The molecule has 1 aromatic rings. The SMILES string of the molecule is CCn1ccc(C(=O)N2CCN(CC(C)C)C(=O)[C@@H]2C)cc1=O. The fraction of sp³-hybridized carbons (Fsp3) is 0.588. The van der Waals surface area contributed by atoms with Crippen molar-refractivity contribution in [2.75, 3.05) is 19.6 Å². The predicted octanol–water partition coefficient (Wildman–Crippen LogP) is 1.20. The summed E-state index contributed by atoms with van der Waals surface area (Å²) in [6.07, 6.45) is 1.62. The number of aryl methyl sites for hydroxylation is 1. The Morgan fingerprint density at radius 3 is 2.57 bits per heavy atom. The molecule has 0 spiro atoms. The Morgan fingerprint density at radius 2 is 2.00 bits per heavy atom. The second-order valence-electron chi connectivity index (χ2n) is 6.39. The molecular weight excluding hydrogens is 294 g/mol. The number of carbonyl (C=O) groups is 2. The van der Waals surface area contributed by atoms with Crippen LogP contribution in [0.4, 0.5) is 0 Å². The smallest absolute Gasteiger partial charge is 0.254 e. The van der Waals surface area contributed by atoms with Gasteiger partial charge in [-0.15, -0.1) is 0 Å². The zero-order valence-corrected chi connectivity index (χ0v) is 14.3. The highest BCUT2D eigenvalue weighted by Crippen LogP contribution is 2.16. The molecular formula is C17H25N3O3. The lowest BCUT2D eigenvalue weighted by Gasteiger charge is -2.39. The largest absolute Gasteiger partial charge is 0.339 e. The van der Waals surface area contributed by atoms with Crippen LogP contribution in [-0.4, -0.2) is 51.9 Å². The van der Waals surface area contributed by atoms with Crippen molar-refractivity contribution < 1.29 is 9.59 Å². The molecule has 2 rings (SSSR count). The number of hydrogen-bond acceptors (Lipinski definition) is 3. The molecule has 1 fully saturated rings. The summed E-state index contributed by atoms with van der Waals surface area (Å²) in [4.78, 5) is 40.4. The number of carbonyl (C=O) groups excluding carboxylic acids is 2. The molecule has 0 bridgehead atoms. The van der Waals surface area contributed by atoms with E-state index < -0.39 is 6.04 Å². The topological polar surface area (TPSA) is 62.6 Å². The van der Waals surface area contributed by atoms with Gasteiger partial charge in [0.05, 0.1) is 0 Å². The number of rotatable bonds is 4. The minimum Gasteiger partial charge on any atom is -0.339 e. The molecule has 126 valence electrons. The van der Waals surface area contributed by atoms with E-state index in [4.69, 9.17) is 0 Å². The predicted molar refractivity (Wildman–Crippen MR) is 88.3 cm³/mol. The number of hydrogen-bond donors (Lipinski definition) is 0. The van der Waals surface area contributed by atoms with Gasteiger partial charge < -0.3 is 14.4 Å². The monoisotopic (exact) mass is 319 g/mol. The molecule has 1 aromatic heterocycles. The lowest BCUT2D eigenvalue weighted by atomic mass is 10.1. The van der Waals surface area contributed by atoms with Crippen molar-refractivity contribution >= 4 is 11.8 Å². The Balaban J connectivity index is 2.16. The summed E-state index contributed by atoms with van der Waals surface area (Å²) < 4.78 is 1.53. The zero-order chi connectivity index (χ0) is 17.1. The molecule has 6 heteroatoms. The highest BCUT2D eigenvalue weighted by molar-refractivity contribution is 5.98. The van der Waals surface area contributed by atoms with Crippen molar-refractivity contribution in [1.29, 1.82) is 0 Å². The van der Waals surface area contributed by atoms with E-state index >= 15 is 0 Å². The van der Waals surface area contributed by atoms with Crippen molar-refractivity contribution in [2.24, 2.45) is 5.92 Å². The lowest BCUT2D eigenvalue weighted by Crippen LogP contribution is -2.58. The van der Waals surface area contributed by atoms with Gasteiger partial charge >= 0.3 is 0 Å². The second-order valence-corrected chi connectivity index (χ2v) is 6.39. The molecule has 6 nitrogen and oxygen atoms in total. The van der Waals surface area contributed by atoms with Crippen molar-refractivity contribution in [2.45, 2.75) is 40.3 Å². The van der Waals surface area contributed by atoms with Crippen LogP contribution in [0.25, 0.3) is 0 Å². The average Bonchev–Trinajstić information content (AvgIpc) is 2.51. The zero-order valence-electron chi connectivity index (χ0n) is 14.3. The van der Waals surface area contributed by atoms with Crippen LogP contribution in [0, 0.1) is 5.92 Å². The normalized spacial score (nSPS) is 18.7. The van der Waals surface area contributed by atoms with Gasteiger partial charge in [0.25, 0.3) is 11.5 Å². The van der Waals surface area contributed by atoms with Gasteiger partial charge in [-0.25, -0.2) is 0 Å². The Bertz CT molecular complexity index is 651. The molecule has 2 heterocycles. The van der Waals surface area contributed by atoms with E-state index in [0.29, 0.717) is 37.7 Å². The van der Waals surface area contributed by atoms with Gasteiger partial charge in [0.2, 0.25) is 5.91 Å². The number of nitrogens with zero attached hydrogens (tertiary/aromatic N) is 3. The van der Waals surface area contributed by atoms with Crippen molar-refractivity contribution in [3.05, 3.63) is 34.2 Å². The summed E-state index contributed by atoms with van der Waals surface area (Å²) >= 11 is 0. The minimum absolute atomic E-state index is 0.0276. The molecule has 1 aliphatic rings. The quantitative estimate of drug-likeness (QED) is 0.838. The van der Waals surface area contributed by atoms with Crippen LogP contribution < -0.4 is 5.56 Å². The van der Waals surface area contributed by atoms with Crippen molar-refractivity contribution in [3.8, 4) is 0 Å². The van der Waals surface area contributed by atoms with Crippen LogP contribution in [0.1, 0.15) is 38.1 Å².